The van der Waals surface area contributed by atoms with Gasteiger partial charge in [-0.05, 0) is 43.9 Å². The second-order valence-electron chi connectivity index (χ2n) is 8.59. The molecule has 4 atom stereocenters. The van der Waals surface area contributed by atoms with Gasteiger partial charge in [-0.15, -0.1) is 0 Å². The number of carbonyl (C=O) groups is 2. The van der Waals surface area contributed by atoms with Gasteiger partial charge >= 0.3 is 0 Å². The van der Waals surface area contributed by atoms with E-state index in [2.05, 4.69) is 10.6 Å². The van der Waals surface area contributed by atoms with Gasteiger partial charge < -0.3 is 30.0 Å². The molecule has 8 nitrogen and oxygen atoms in total. The van der Waals surface area contributed by atoms with Crippen molar-refractivity contribution in [3.8, 4) is 5.75 Å². The molecule has 170 valence electrons. The SMILES string of the molecule is CCCNC(=O)C[C@@H]1C[C@H]2c3cc(NC(=O)C4CCOCC4)ccc3O[C@H]2[C@@H](CO)O1. The topological polar surface area (TPSA) is 106 Å². The van der Waals surface area contributed by atoms with E-state index in [1.807, 2.05) is 25.1 Å². The van der Waals surface area contributed by atoms with Crippen LogP contribution in [0.15, 0.2) is 18.2 Å². The van der Waals surface area contributed by atoms with Gasteiger partial charge in [0.15, 0.2) is 0 Å². The van der Waals surface area contributed by atoms with Crippen molar-refractivity contribution in [2.45, 2.75) is 63.3 Å². The molecule has 3 aliphatic rings. The van der Waals surface area contributed by atoms with Gasteiger partial charge in [0.05, 0.1) is 19.1 Å². The molecule has 4 rings (SSSR count). The first kappa shape index (κ1) is 22.0. The molecule has 0 radical (unpaired) electrons. The van der Waals surface area contributed by atoms with Crippen LogP contribution in [0.2, 0.25) is 0 Å². The summed E-state index contributed by atoms with van der Waals surface area (Å²) in [4.78, 5) is 24.8. The Kier molecular flexibility index (Phi) is 7.09. The Hall–Kier alpha value is -2.16. The molecule has 8 heteroatoms. The number of hydrogen-bond donors (Lipinski definition) is 3. The molecule has 2 saturated heterocycles. The van der Waals surface area contributed by atoms with E-state index < -0.39 is 6.10 Å². The molecule has 2 fully saturated rings. The molecule has 0 aromatic heterocycles. The van der Waals surface area contributed by atoms with Gasteiger partial charge in [-0.1, -0.05) is 6.92 Å². The van der Waals surface area contributed by atoms with Gasteiger partial charge in [-0.25, -0.2) is 0 Å². The third-order valence-electron chi connectivity index (χ3n) is 6.34. The highest BCUT2D eigenvalue weighted by Crippen LogP contribution is 2.47. The Balaban J connectivity index is 1.46. The largest absolute Gasteiger partial charge is 0.487 e. The van der Waals surface area contributed by atoms with Crippen molar-refractivity contribution in [2.75, 3.05) is 31.7 Å². The molecule has 1 aromatic rings. The Bertz CT molecular complexity index is 794. The number of aliphatic hydroxyl groups excluding tert-OH is 1. The summed E-state index contributed by atoms with van der Waals surface area (Å²) >= 11 is 0. The van der Waals surface area contributed by atoms with Gasteiger partial charge in [0.1, 0.15) is 18.0 Å². The van der Waals surface area contributed by atoms with Crippen LogP contribution in [0.25, 0.3) is 0 Å². The second kappa shape index (κ2) is 9.97. The van der Waals surface area contributed by atoms with Gasteiger partial charge in [0.2, 0.25) is 11.8 Å². The maximum atomic E-state index is 12.6. The number of fused-ring (bicyclic) bond motifs is 3. The quantitative estimate of drug-likeness (QED) is 0.608. The van der Waals surface area contributed by atoms with Crippen molar-refractivity contribution in [1.29, 1.82) is 0 Å². The Morgan fingerprint density at radius 1 is 1.23 bits per heavy atom. The third-order valence-corrected chi connectivity index (χ3v) is 6.34. The van der Waals surface area contributed by atoms with Crippen LogP contribution in [-0.2, 0) is 19.1 Å². The van der Waals surface area contributed by atoms with Gasteiger partial charge in [0, 0.05) is 42.8 Å². The van der Waals surface area contributed by atoms with Crippen LogP contribution in [0.3, 0.4) is 0 Å². The van der Waals surface area contributed by atoms with Gasteiger partial charge in [-0.2, -0.15) is 0 Å². The fraction of sp³-hybridized carbons (Fsp3) is 0.652. The second-order valence-corrected chi connectivity index (χ2v) is 8.59. The number of rotatable bonds is 7. The minimum atomic E-state index is -0.490. The molecule has 31 heavy (non-hydrogen) atoms. The number of benzene rings is 1. The summed E-state index contributed by atoms with van der Waals surface area (Å²) in [6.45, 7) is 3.72. The third kappa shape index (κ3) is 5.02. The first-order chi connectivity index (χ1) is 15.1. The van der Waals surface area contributed by atoms with Crippen molar-refractivity contribution in [3.05, 3.63) is 23.8 Å². The zero-order valence-electron chi connectivity index (χ0n) is 18.0. The van der Waals surface area contributed by atoms with Crippen LogP contribution >= 0.6 is 0 Å². The van der Waals surface area contributed by atoms with Crippen molar-refractivity contribution in [2.24, 2.45) is 5.92 Å². The summed E-state index contributed by atoms with van der Waals surface area (Å²) in [6, 6.07) is 5.67. The summed E-state index contributed by atoms with van der Waals surface area (Å²) in [7, 11) is 0. The van der Waals surface area contributed by atoms with Crippen molar-refractivity contribution >= 4 is 17.5 Å². The number of amides is 2. The minimum absolute atomic E-state index is 0.00445. The molecule has 3 heterocycles. The number of anilines is 1. The summed E-state index contributed by atoms with van der Waals surface area (Å²) in [6.07, 6.45) is 2.17. The van der Waals surface area contributed by atoms with E-state index in [-0.39, 0.29) is 48.9 Å². The lowest BCUT2D eigenvalue weighted by Crippen LogP contribution is -2.47. The number of aliphatic hydroxyl groups is 1. The van der Waals surface area contributed by atoms with E-state index >= 15 is 0 Å². The molecule has 2 amide bonds. The fourth-order valence-electron chi connectivity index (χ4n) is 4.71. The summed E-state index contributed by atoms with van der Waals surface area (Å²) in [5.41, 5.74) is 1.74. The van der Waals surface area contributed by atoms with Crippen molar-refractivity contribution in [1.82, 2.24) is 5.32 Å². The molecule has 3 aliphatic heterocycles. The molecule has 0 aliphatic carbocycles. The Labute approximate surface area is 182 Å². The van der Waals surface area contributed by atoms with E-state index in [1.165, 1.54) is 0 Å². The van der Waals surface area contributed by atoms with Crippen molar-refractivity contribution in [3.63, 3.8) is 0 Å². The monoisotopic (exact) mass is 432 g/mol. The summed E-state index contributed by atoms with van der Waals surface area (Å²) < 4.78 is 17.4. The van der Waals surface area contributed by atoms with Crippen LogP contribution in [0.5, 0.6) is 5.75 Å². The highest BCUT2D eigenvalue weighted by Gasteiger charge is 2.46. The minimum Gasteiger partial charge on any atom is -0.487 e. The standard InChI is InChI=1S/C23H32N2O6/c1-2-7-24-21(27)12-16-11-18-17-10-15(25-23(28)14-5-8-29-9-6-14)3-4-19(17)31-22(18)20(13-26)30-16/h3-4,10,14,16,18,20,22,26H,2,5-9,11-13H2,1H3,(H,24,27)(H,25,28)/t16-,18-,20+,22+/m0/s1. The van der Waals surface area contributed by atoms with Crippen LogP contribution in [0, 0.1) is 5.92 Å². The first-order valence-corrected chi connectivity index (χ1v) is 11.3. The lowest BCUT2D eigenvalue weighted by molar-refractivity contribution is -0.142. The molecule has 0 unspecified atom stereocenters. The molecular formula is C23H32N2O6. The van der Waals surface area contributed by atoms with Gasteiger partial charge in [-0.3, -0.25) is 9.59 Å². The van der Waals surface area contributed by atoms with Crippen molar-refractivity contribution < 1.29 is 28.9 Å². The predicted molar refractivity (Wildman–Crippen MR) is 114 cm³/mol. The van der Waals surface area contributed by atoms with Crippen LogP contribution < -0.4 is 15.4 Å². The maximum Gasteiger partial charge on any atom is 0.227 e. The lowest BCUT2D eigenvalue weighted by atomic mass is 9.84. The average Bonchev–Trinajstić information content (AvgIpc) is 3.15. The zero-order valence-corrected chi connectivity index (χ0v) is 18.0. The first-order valence-electron chi connectivity index (χ1n) is 11.3. The fourth-order valence-corrected chi connectivity index (χ4v) is 4.71. The smallest absolute Gasteiger partial charge is 0.227 e. The van der Waals surface area contributed by atoms with E-state index in [4.69, 9.17) is 14.2 Å². The number of hydrogen-bond acceptors (Lipinski definition) is 6. The highest BCUT2D eigenvalue weighted by atomic mass is 16.6. The van der Waals surface area contributed by atoms with Crippen LogP contribution in [0.4, 0.5) is 5.69 Å². The number of carbonyl (C=O) groups excluding carboxylic acids is 2. The van der Waals surface area contributed by atoms with Gasteiger partial charge in [0.25, 0.3) is 0 Å². The van der Waals surface area contributed by atoms with Crippen LogP contribution in [0.1, 0.15) is 50.5 Å². The molecule has 0 saturated carbocycles. The maximum absolute atomic E-state index is 12.6. The average molecular weight is 433 g/mol. The molecule has 1 aromatic carbocycles. The zero-order chi connectivity index (χ0) is 21.8. The Morgan fingerprint density at radius 3 is 2.77 bits per heavy atom. The molecule has 3 N–H and O–H groups in total. The highest BCUT2D eigenvalue weighted by molar-refractivity contribution is 5.92. The van der Waals surface area contributed by atoms with E-state index in [0.29, 0.717) is 26.2 Å². The predicted octanol–water partition coefficient (Wildman–Crippen LogP) is 1.96. The molecule has 0 spiro atoms. The summed E-state index contributed by atoms with van der Waals surface area (Å²) in [5, 5.41) is 15.8. The van der Waals surface area contributed by atoms with E-state index in [9.17, 15) is 14.7 Å². The number of nitrogens with one attached hydrogen (secondary N) is 2. The Morgan fingerprint density at radius 2 is 2.03 bits per heavy atom. The van der Waals surface area contributed by atoms with E-state index in [0.717, 1.165) is 36.3 Å². The molecule has 0 bridgehead atoms. The summed E-state index contributed by atoms with van der Waals surface area (Å²) in [5.74, 6) is 0.698. The van der Waals surface area contributed by atoms with E-state index in [1.54, 1.807) is 0 Å². The van der Waals surface area contributed by atoms with Crippen LogP contribution in [-0.4, -0.2) is 61.6 Å². The number of ether oxygens (including phenoxy) is 3. The normalized spacial score (nSPS) is 27.7. The molecular weight excluding hydrogens is 400 g/mol. The lowest BCUT2D eigenvalue weighted by Gasteiger charge is -2.37.